The molecule has 0 bridgehead atoms. The molecule has 0 aromatic carbocycles. The molecule has 1 saturated heterocycles. The number of alkyl halides is 1. The molecule has 0 aromatic rings. The number of hydrogen-bond donors (Lipinski definition) is 1. The van der Waals surface area contributed by atoms with Crippen molar-refractivity contribution >= 4 is 0 Å². The molecule has 1 atom stereocenters. The van der Waals surface area contributed by atoms with Crippen molar-refractivity contribution in [1.82, 2.24) is 10.2 Å². The summed E-state index contributed by atoms with van der Waals surface area (Å²) < 4.78 is 11.8. The molecule has 0 saturated carbocycles. The minimum atomic E-state index is -0.182. The molecule has 1 aliphatic heterocycles. The summed E-state index contributed by atoms with van der Waals surface area (Å²) in [6.45, 7) is 6.10. The van der Waals surface area contributed by atoms with Crippen LogP contribution in [0.2, 0.25) is 0 Å². The first kappa shape index (κ1) is 8.94. The van der Waals surface area contributed by atoms with Crippen LogP contribution in [0.3, 0.4) is 0 Å². The van der Waals surface area contributed by atoms with Crippen molar-refractivity contribution in [1.29, 1.82) is 0 Å². The smallest absolute Gasteiger partial charge is 0.0906 e. The summed E-state index contributed by atoms with van der Waals surface area (Å²) in [5, 5.41) is 3.35. The summed E-state index contributed by atoms with van der Waals surface area (Å²) in [6, 6.07) is 0.573. The summed E-state index contributed by atoms with van der Waals surface area (Å²) in [5.74, 6) is 0. The van der Waals surface area contributed by atoms with E-state index in [-0.39, 0.29) is 6.67 Å². The van der Waals surface area contributed by atoms with Crippen LogP contribution < -0.4 is 5.32 Å². The lowest BCUT2D eigenvalue weighted by molar-refractivity contribution is 0.199. The van der Waals surface area contributed by atoms with E-state index in [1.807, 2.05) is 0 Å². The molecule has 1 heterocycles. The highest BCUT2D eigenvalue weighted by Gasteiger charge is 2.13. The summed E-state index contributed by atoms with van der Waals surface area (Å²) in [7, 11) is 0. The average Bonchev–Trinajstić information content (AvgIpc) is 2.01. The predicted octanol–water partition coefficient (Wildman–Crippen LogP) is 0.640. The average molecular weight is 160 g/mol. The summed E-state index contributed by atoms with van der Waals surface area (Å²) >= 11 is 0. The van der Waals surface area contributed by atoms with Crippen molar-refractivity contribution in [3.05, 3.63) is 0 Å². The number of halogens is 1. The van der Waals surface area contributed by atoms with Gasteiger partial charge in [0, 0.05) is 32.2 Å². The zero-order valence-corrected chi connectivity index (χ0v) is 7.15. The largest absolute Gasteiger partial charge is 0.312 e. The number of rotatable bonds is 3. The molecule has 0 aliphatic carbocycles. The zero-order valence-electron chi connectivity index (χ0n) is 7.15. The first-order chi connectivity index (χ1) is 5.33. The number of nitrogens with zero attached hydrogens (tertiary/aromatic N) is 1. The van der Waals surface area contributed by atoms with E-state index in [0.29, 0.717) is 12.5 Å². The van der Waals surface area contributed by atoms with E-state index in [2.05, 4.69) is 17.1 Å². The molecule has 1 aliphatic rings. The molecule has 66 valence electrons. The Labute approximate surface area is 67.8 Å². The topological polar surface area (TPSA) is 15.3 Å². The Morgan fingerprint density at radius 1 is 1.64 bits per heavy atom. The highest BCUT2D eigenvalue weighted by atomic mass is 19.1. The molecule has 1 rings (SSSR count). The van der Waals surface area contributed by atoms with Crippen LogP contribution in [0.5, 0.6) is 0 Å². The van der Waals surface area contributed by atoms with Crippen LogP contribution in [-0.2, 0) is 0 Å². The van der Waals surface area contributed by atoms with E-state index in [1.165, 1.54) is 0 Å². The van der Waals surface area contributed by atoms with E-state index in [1.54, 1.807) is 0 Å². The van der Waals surface area contributed by atoms with Gasteiger partial charge in [-0.1, -0.05) is 0 Å². The van der Waals surface area contributed by atoms with E-state index in [9.17, 15) is 4.39 Å². The molecule has 1 N–H and O–H groups in total. The van der Waals surface area contributed by atoms with E-state index in [4.69, 9.17) is 0 Å². The summed E-state index contributed by atoms with van der Waals surface area (Å²) in [4.78, 5) is 2.32. The lowest BCUT2D eigenvalue weighted by Gasteiger charge is -2.31. The Morgan fingerprint density at radius 3 is 3.09 bits per heavy atom. The van der Waals surface area contributed by atoms with Crippen molar-refractivity contribution in [3.8, 4) is 0 Å². The van der Waals surface area contributed by atoms with E-state index in [0.717, 1.165) is 26.2 Å². The standard InChI is InChI=1S/C8H17FN2/c1-8-7-11(5-2-3-9)6-4-10-8/h8,10H,2-7H2,1H3. The normalized spacial score (nSPS) is 27.3. The number of piperazine rings is 1. The number of nitrogens with one attached hydrogen (secondary N) is 1. The van der Waals surface area contributed by atoms with Crippen LogP contribution in [0.1, 0.15) is 13.3 Å². The monoisotopic (exact) mass is 160 g/mol. The Kier molecular flexibility index (Phi) is 3.80. The van der Waals surface area contributed by atoms with Gasteiger partial charge in [-0.25, -0.2) is 0 Å². The van der Waals surface area contributed by atoms with Gasteiger partial charge in [0.05, 0.1) is 6.67 Å². The van der Waals surface area contributed by atoms with Gasteiger partial charge < -0.3 is 10.2 Å². The minimum absolute atomic E-state index is 0.182. The molecular formula is C8H17FN2. The Balaban J connectivity index is 2.12. The van der Waals surface area contributed by atoms with Gasteiger partial charge in [-0.2, -0.15) is 0 Å². The van der Waals surface area contributed by atoms with Crippen molar-refractivity contribution < 1.29 is 4.39 Å². The molecule has 11 heavy (non-hydrogen) atoms. The third-order valence-electron chi connectivity index (χ3n) is 2.06. The lowest BCUT2D eigenvalue weighted by atomic mass is 10.2. The highest BCUT2D eigenvalue weighted by molar-refractivity contribution is 4.74. The van der Waals surface area contributed by atoms with Crippen LogP contribution in [0.25, 0.3) is 0 Å². The van der Waals surface area contributed by atoms with Gasteiger partial charge >= 0.3 is 0 Å². The molecular weight excluding hydrogens is 143 g/mol. The first-order valence-electron chi connectivity index (χ1n) is 4.34. The fourth-order valence-corrected chi connectivity index (χ4v) is 1.50. The molecule has 3 heteroatoms. The maximum absolute atomic E-state index is 11.8. The minimum Gasteiger partial charge on any atom is -0.312 e. The molecule has 0 aromatic heterocycles. The third-order valence-corrected chi connectivity index (χ3v) is 2.06. The van der Waals surface area contributed by atoms with Crippen molar-refractivity contribution in [2.75, 3.05) is 32.9 Å². The van der Waals surface area contributed by atoms with Crippen LogP contribution >= 0.6 is 0 Å². The first-order valence-corrected chi connectivity index (χ1v) is 4.34. The van der Waals surface area contributed by atoms with Crippen molar-refractivity contribution in [2.24, 2.45) is 0 Å². The molecule has 1 unspecified atom stereocenters. The van der Waals surface area contributed by atoms with Crippen LogP contribution in [0.15, 0.2) is 0 Å². The van der Waals surface area contributed by atoms with Gasteiger partial charge in [-0.3, -0.25) is 4.39 Å². The maximum atomic E-state index is 11.8. The second kappa shape index (κ2) is 4.67. The van der Waals surface area contributed by atoms with Gasteiger partial charge in [0.15, 0.2) is 0 Å². The third kappa shape index (κ3) is 3.16. The fraction of sp³-hybridized carbons (Fsp3) is 1.00. The van der Waals surface area contributed by atoms with Gasteiger partial charge in [0.2, 0.25) is 0 Å². The maximum Gasteiger partial charge on any atom is 0.0906 e. The van der Waals surface area contributed by atoms with Crippen LogP contribution in [0.4, 0.5) is 4.39 Å². The second-order valence-corrected chi connectivity index (χ2v) is 3.20. The summed E-state index contributed by atoms with van der Waals surface area (Å²) in [6.07, 6.45) is 0.687. The van der Waals surface area contributed by atoms with Gasteiger partial charge in [-0.15, -0.1) is 0 Å². The number of hydrogen-bond acceptors (Lipinski definition) is 2. The van der Waals surface area contributed by atoms with E-state index >= 15 is 0 Å². The van der Waals surface area contributed by atoms with E-state index < -0.39 is 0 Å². The summed E-state index contributed by atoms with van der Waals surface area (Å²) in [5.41, 5.74) is 0. The molecule has 0 radical (unpaired) electrons. The van der Waals surface area contributed by atoms with Crippen LogP contribution in [-0.4, -0.2) is 43.8 Å². The van der Waals surface area contributed by atoms with Crippen molar-refractivity contribution in [2.45, 2.75) is 19.4 Å². The quantitative estimate of drug-likeness (QED) is 0.651. The molecule has 0 spiro atoms. The zero-order chi connectivity index (χ0) is 8.10. The molecule has 0 amide bonds. The predicted molar refractivity (Wildman–Crippen MR) is 44.5 cm³/mol. The SMILES string of the molecule is CC1CN(CCCF)CCN1. The second-order valence-electron chi connectivity index (χ2n) is 3.20. The van der Waals surface area contributed by atoms with Crippen molar-refractivity contribution in [3.63, 3.8) is 0 Å². The molecule has 1 fully saturated rings. The lowest BCUT2D eigenvalue weighted by Crippen LogP contribution is -2.49. The van der Waals surface area contributed by atoms with Gasteiger partial charge in [0.1, 0.15) is 0 Å². The van der Waals surface area contributed by atoms with Crippen LogP contribution in [0, 0.1) is 0 Å². The fourth-order valence-electron chi connectivity index (χ4n) is 1.50. The Morgan fingerprint density at radius 2 is 2.45 bits per heavy atom. The van der Waals surface area contributed by atoms with Gasteiger partial charge in [-0.05, 0) is 13.3 Å². The Bertz CT molecular complexity index is 108. The Hall–Kier alpha value is -0.150. The van der Waals surface area contributed by atoms with Gasteiger partial charge in [0.25, 0.3) is 0 Å². The molecule has 2 nitrogen and oxygen atoms in total. The highest BCUT2D eigenvalue weighted by Crippen LogP contribution is 1.99.